The summed E-state index contributed by atoms with van der Waals surface area (Å²) in [6, 6.07) is 5.20. The number of carbonyl (C=O) groups is 1. The Labute approximate surface area is 164 Å². The van der Waals surface area contributed by atoms with E-state index in [0.29, 0.717) is 4.60 Å². The minimum atomic E-state index is -0.960. The largest absolute Gasteiger partial charge is 0.478 e. The number of pyridine rings is 1. The predicted octanol–water partition coefficient (Wildman–Crippen LogP) is 5.62. The lowest BCUT2D eigenvalue weighted by Crippen LogP contribution is -1.97. The van der Waals surface area contributed by atoms with E-state index in [0.717, 1.165) is 17.8 Å². The molecule has 0 aliphatic heterocycles. The van der Waals surface area contributed by atoms with Crippen LogP contribution in [-0.4, -0.2) is 27.6 Å². The fraction of sp³-hybridized carbons (Fsp3) is 0.500. The van der Waals surface area contributed by atoms with Gasteiger partial charge in [-0.3, -0.25) is 4.98 Å². The Balaban J connectivity index is 0.000000276. The van der Waals surface area contributed by atoms with Crippen LogP contribution in [-0.2, 0) is 0 Å². The van der Waals surface area contributed by atoms with Gasteiger partial charge in [-0.15, -0.1) is 0 Å². The van der Waals surface area contributed by atoms with Gasteiger partial charge in [-0.2, -0.15) is 0 Å². The van der Waals surface area contributed by atoms with Crippen LogP contribution in [0.5, 0.6) is 0 Å². The zero-order valence-electron chi connectivity index (χ0n) is 15.5. The van der Waals surface area contributed by atoms with Crippen molar-refractivity contribution in [2.45, 2.75) is 58.3 Å². The van der Waals surface area contributed by atoms with E-state index in [-0.39, 0.29) is 5.56 Å². The summed E-state index contributed by atoms with van der Waals surface area (Å²) in [7, 11) is 0. The number of nitrogens with zero attached hydrogens (tertiary/aromatic N) is 1. The summed E-state index contributed by atoms with van der Waals surface area (Å²) >= 11 is 3.16. The summed E-state index contributed by atoms with van der Waals surface area (Å²) < 4.78 is 0.474. The Bertz CT molecular complexity index is 621. The molecule has 0 fully saturated rings. The Kier molecular flexibility index (Phi) is 11.6. The molecule has 2 aromatic rings. The number of carboxylic acid groups (broad SMARTS) is 1. The van der Waals surface area contributed by atoms with Gasteiger partial charge in [0.05, 0.1) is 10.2 Å². The van der Waals surface area contributed by atoms with E-state index >= 15 is 0 Å². The summed E-state index contributed by atoms with van der Waals surface area (Å²) in [4.78, 5) is 17.6. The van der Waals surface area contributed by atoms with Gasteiger partial charge < -0.3 is 15.8 Å². The van der Waals surface area contributed by atoms with Gasteiger partial charge in [0.25, 0.3) is 0 Å². The van der Waals surface area contributed by atoms with Crippen molar-refractivity contribution in [3.8, 4) is 11.3 Å². The molecule has 5 nitrogen and oxygen atoms in total. The summed E-state index contributed by atoms with van der Waals surface area (Å²) in [5, 5.41) is 8.86. The molecule has 144 valence electrons. The van der Waals surface area contributed by atoms with E-state index in [1.54, 1.807) is 18.5 Å². The first-order valence-electron chi connectivity index (χ1n) is 9.32. The van der Waals surface area contributed by atoms with E-state index < -0.39 is 5.97 Å². The normalized spacial score (nSPS) is 10.3. The number of aromatic nitrogens is 2. The van der Waals surface area contributed by atoms with Crippen molar-refractivity contribution in [2.75, 3.05) is 6.54 Å². The Morgan fingerprint density at radius 2 is 1.69 bits per heavy atom. The zero-order valence-corrected chi connectivity index (χ0v) is 17.1. The zero-order chi connectivity index (χ0) is 19.2. The van der Waals surface area contributed by atoms with Crippen LogP contribution in [0.25, 0.3) is 11.3 Å². The molecule has 0 saturated carbocycles. The van der Waals surface area contributed by atoms with Crippen molar-refractivity contribution in [1.29, 1.82) is 0 Å². The fourth-order valence-corrected chi connectivity index (χ4v) is 3.05. The SMILES string of the molecule is CCCCCCCCCCN.O=C(O)c1cc(-c2ccncc2)[nH]c1Br. The lowest BCUT2D eigenvalue weighted by atomic mass is 10.1. The van der Waals surface area contributed by atoms with Crippen LogP contribution >= 0.6 is 15.9 Å². The van der Waals surface area contributed by atoms with Crippen molar-refractivity contribution in [3.63, 3.8) is 0 Å². The molecule has 0 atom stereocenters. The maximum Gasteiger partial charge on any atom is 0.338 e. The number of unbranched alkanes of at least 4 members (excludes halogenated alkanes) is 7. The second kappa shape index (κ2) is 13.5. The fourth-order valence-electron chi connectivity index (χ4n) is 2.55. The van der Waals surface area contributed by atoms with Gasteiger partial charge in [0.2, 0.25) is 0 Å². The second-order valence-corrected chi connectivity index (χ2v) is 7.01. The minimum absolute atomic E-state index is 0.224. The molecule has 0 aliphatic rings. The minimum Gasteiger partial charge on any atom is -0.478 e. The van der Waals surface area contributed by atoms with Crippen LogP contribution in [0.15, 0.2) is 35.2 Å². The standard InChI is InChI=1S/C10H7BrN2O2.C10H23N/c11-9-7(10(14)15)5-8(13-9)6-1-3-12-4-2-6;1-2-3-4-5-6-7-8-9-10-11/h1-5,13H,(H,14,15);2-11H2,1H3. The highest BCUT2D eigenvalue weighted by Crippen LogP contribution is 2.24. The van der Waals surface area contributed by atoms with E-state index in [9.17, 15) is 4.79 Å². The average Bonchev–Trinajstić information content (AvgIpc) is 3.04. The van der Waals surface area contributed by atoms with E-state index in [2.05, 4.69) is 32.8 Å². The van der Waals surface area contributed by atoms with E-state index in [1.807, 2.05) is 12.1 Å². The highest BCUT2D eigenvalue weighted by Gasteiger charge is 2.12. The number of nitrogens with one attached hydrogen (secondary N) is 1. The van der Waals surface area contributed by atoms with Gasteiger partial charge in [0.1, 0.15) is 0 Å². The summed E-state index contributed by atoms with van der Waals surface area (Å²) in [5.74, 6) is -0.960. The molecule has 0 spiro atoms. The Hall–Kier alpha value is -1.66. The molecule has 2 rings (SSSR count). The first-order chi connectivity index (χ1) is 12.6. The van der Waals surface area contributed by atoms with Crippen molar-refractivity contribution in [1.82, 2.24) is 9.97 Å². The molecule has 0 aromatic carbocycles. The Morgan fingerprint density at radius 3 is 2.19 bits per heavy atom. The maximum absolute atomic E-state index is 10.8. The molecule has 6 heteroatoms. The maximum atomic E-state index is 10.8. The van der Waals surface area contributed by atoms with Crippen molar-refractivity contribution >= 4 is 21.9 Å². The van der Waals surface area contributed by atoms with Crippen LogP contribution in [0.3, 0.4) is 0 Å². The van der Waals surface area contributed by atoms with Crippen LogP contribution in [0.1, 0.15) is 68.6 Å². The lowest BCUT2D eigenvalue weighted by molar-refractivity contribution is 0.0696. The van der Waals surface area contributed by atoms with Crippen molar-refractivity contribution in [3.05, 3.63) is 40.8 Å². The summed E-state index contributed by atoms with van der Waals surface area (Å²) in [5.41, 5.74) is 7.27. The first kappa shape index (κ1) is 22.4. The molecule has 2 heterocycles. The molecule has 2 aromatic heterocycles. The summed E-state index contributed by atoms with van der Waals surface area (Å²) in [6.45, 7) is 3.13. The number of aromatic carboxylic acids is 1. The average molecular weight is 424 g/mol. The van der Waals surface area contributed by atoms with Crippen LogP contribution in [0.2, 0.25) is 0 Å². The third-order valence-electron chi connectivity index (χ3n) is 4.05. The van der Waals surface area contributed by atoms with Gasteiger partial charge in [-0.05, 0) is 47.1 Å². The molecule has 26 heavy (non-hydrogen) atoms. The summed E-state index contributed by atoms with van der Waals surface area (Å²) in [6.07, 6.45) is 14.3. The van der Waals surface area contributed by atoms with Gasteiger partial charge >= 0.3 is 5.97 Å². The number of nitrogens with two attached hydrogens (primary N) is 1. The predicted molar refractivity (Wildman–Crippen MR) is 110 cm³/mol. The molecule has 0 unspecified atom stereocenters. The lowest BCUT2D eigenvalue weighted by Gasteiger charge is -1.99. The number of H-pyrrole nitrogens is 1. The number of rotatable bonds is 10. The van der Waals surface area contributed by atoms with Gasteiger partial charge in [-0.1, -0.05) is 51.9 Å². The van der Waals surface area contributed by atoms with Gasteiger partial charge in [0, 0.05) is 23.7 Å². The molecular formula is C20H30BrN3O2. The highest BCUT2D eigenvalue weighted by molar-refractivity contribution is 9.10. The molecule has 0 radical (unpaired) electrons. The van der Waals surface area contributed by atoms with E-state index in [4.69, 9.17) is 10.8 Å². The number of aromatic amines is 1. The molecule has 0 saturated heterocycles. The third kappa shape index (κ3) is 8.63. The quantitative estimate of drug-likeness (QED) is 0.432. The smallest absolute Gasteiger partial charge is 0.338 e. The van der Waals surface area contributed by atoms with Crippen molar-refractivity contribution < 1.29 is 9.90 Å². The molecular weight excluding hydrogens is 394 g/mol. The Morgan fingerprint density at radius 1 is 1.12 bits per heavy atom. The van der Waals surface area contributed by atoms with Crippen LogP contribution < -0.4 is 5.73 Å². The van der Waals surface area contributed by atoms with Crippen molar-refractivity contribution in [2.24, 2.45) is 5.73 Å². The second-order valence-electron chi connectivity index (χ2n) is 6.22. The molecule has 0 amide bonds. The monoisotopic (exact) mass is 423 g/mol. The van der Waals surface area contributed by atoms with Crippen LogP contribution in [0, 0.1) is 0 Å². The first-order valence-corrected chi connectivity index (χ1v) is 10.1. The molecule has 0 aliphatic carbocycles. The molecule has 4 N–H and O–H groups in total. The van der Waals surface area contributed by atoms with Gasteiger partial charge in [0.15, 0.2) is 0 Å². The number of halogens is 1. The highest BCUT2D eigenvalue weighted by atomic mass is 79.9. The molecule has 0 bridgehead atoms. The topological polar surface area (TPSA) is 92.0 Å². The number of carboxylic acids is 1. The number of hydrogen-bond donors (Lipinski definition) is 3. The number of hydrogen-bond acceptors (Lipinski definition) is 3. The van der Waals surface area contributed by atoms with E-state index in [1.165, 1.54) is 51.4 Å². The third-order valence-corrected chi connectivity index (χ3v) is 4.67. The van der Waals surface area contributed by atoms with Crippen LogP contribution in [0.4, 0.5) is 0 Å². The van der Waals surface area contributed by atoms with Gasteiger partial charge in [-0.25, -0.2) is 4.79 Å².